The number of hydrogen-bond acceptors (Lipinski definition) is 4. The van der Waals surface area contributed by atoms with E-state index in [0.29, 0.717) is 0 Å². The molecule has 5 rings (SSSR count). The van der Waals surface area contributed by atoms with Crippen LogP contribution in [-0.2, 0) is 0 Å². The number of para-hydroxylation sites is 1. The highest BCUT2D eigenvalue weighted by molar-refractivity contribution is 6.30. The van der Waals surface area contributed by atoms with Crippen molar-refractivity contribution in [2.45, 2.75) is 18.7 Å². The molecule has 0 saturated heterocycles. The van der Waals surface area contributed by atoms with Crippen molar-refractivity contribution < 1.29 is 9.47 Å². The van der Waals surface area contributed by atoms with Gasteiger partial charge in [0.25, 0.3) is 0 Å². The number of hydrazone groups is 1. The van der Waals surface area contributed by atoms with Crippen LogP contribution in [0.25, 0.3) is 0 Å². The van der Waals surface area contributed by atoms with Crippen molar-refractivity contribution in [2.75, 3.05) is 7.11 Å². The molecule has 5 heteroatoms. The first-order valence-corrected chi connectivity index (χ1v) is 9.62. The van der Waals surface area contributed by atoms with Crippen LogP contribution in [0, 0.1) is 0 Å². The average Bonchev–Trinajstić information content (AvgIpc) is 3.19. The Morgan fingerprint density at radius 1 is 1.00 bits per heavy atom. The lowest BCUT2D eigenvalue weighted by Gasteiger charge is -2.38. The molecule has 3 aromatic rings. The van der Waals surface area contributed by atoms with E-state index in [0.717, 1.165) is 45.3 Å². The minimum atomic E-state index is -0.306. The first-order chi connectivity index (χ1) is 13.7. The Morgan fingerprint density at radius 2 is 1.79 bits per heavy atom. The van der Waals surface area contributed by atoms with Gasteiger partial charge in [-0.25, -0.2) is 5.01 Å². The van der Waals surface area contributed by atoms with E-state index in [9.17, 15) is 0 Å². The molecule has 4 nitrogen and oxygen atoms in total. The molecule has 2 heterocycles. The van der Waals surface area contributed by atoms with Crippen LogP contribution >= 0.6 is 11.6 Å². The van der Waals surface area contributed by atoms with Gasteiger partial charge in [-0.2, -0.15) is 5.10 Å². The zero-order valence-corrected chi connectivity index (χ0v) is 16.1. The summed E-state index contributed by atoms with van der Waals surface area (Å²) < 4.78 is 12.0. The molecule has 0 aromatic heterocycles. The monoisotopic (exact) mass is 390 g/mol. The zero-order valence-electron chi connectivity index (χ0n) is 15.4. The van der Waals surface area contributed by atoms with Gasteiger partial charge in [-0.3, -0.25) is 0 Å². The number of benzene rings is 3. The Labute approximate surface area is 169 Å². The number of ether oxygens (including phenoxy) is 2. The second kappa shape index (κ2) is 6.88. The molecule has 0 radical (unpaired) electrons. The lowest BCUT2D eigenvalue weighted by molar-refractivity contribution is -0.0209. The Kier molecular flexibility index (Phi) is 4.21. The standard InChI is InChI=1S/C23H19ClN2O2/c1-27-21-9-5-8-18-20-14-19(15-10-12-17(24)13-11-15)25-26(20)23(28-22(18)21)16-6-3-2-4-7-16/h2-13,20,23H,14H2,1H3/t20-,23-/m0/s1. The molecule has 0 fully saturated rings. The third-order valence-electron chi connectivity index (χ3n) is 5.26. The lowest BCUT2D eigenvalue weighted by atomic mass is 9.95. The van der Waals surface area contributed by atoms with Crippen molar-refractivity contribution in [3.8, 4) is 11.5 Å². The number of methoxy groups -OCH3 is 1. The molecule has 28 heavy (non-hydrogen) atoms. The molecule has 0 saturated carbocycles. The number of nitrogens with zero attached hydrogens (tertiary/aromatic N) is 2. The predicted molar refractivity (Wildman–Crippen MR) is 110 cm³/mol. The Morgan fingerprint density at radius 3 is 2.54 bits per heavy atom. The van der Waals surface area contributed by atoms with E-state index in [1.54, 1.807) is 7.11 Å². The van der Waals surface area contributed by atoms with Crippen molar-refractivity contribution in [1.82, 2.24) is 5.01 Å². The average molecular weight is 391 g/mol. The van der Waals surface area contributed by atoms with Gasteiger partial charge in [0.05, 0.1) is 18.9 Å². The van der Waals surface area contributed by atoms with Gasteiger partial charge in [-0.1, -0.05) is 66.2 Å². The first kappa shape index (κ1) is 17.1. The largest absolute Gasteiger partial charge is 0.493 e. The van der Waals surface area contributed by atoms with Gasteiger partial charge in [-0.05, 0) is 23.8 Å². The van der Waals surface area contributed by atoms with Gasteiger partial charge in [0, 0.05) is 22.6 Å². The highest BCUT2D eigenvalue weighted by atomic mass is 35.5. The first-order valence-electron chi connectivity index (χ1n) is 9.25. The van der Waals surface area contributed by atoms with Crippen LogP contribution in [0.3, 0.4) is 0 Å². The minimum absolute atomic E-state index is 0.0923. The molecular formula is C23H19ClN2O2. The molecule has 140 valence electrons. The van der Waals surface area contributed by atoms with Gasteiger partial charge >= 0.3 is 0 Å². The summed E-state index contributed by atoms with van der Waals surface area (Å²) in [7, 11) is 1.67. The van der Waals surface area contributed by atoms with E-state index in [1.165, 1.54) is 0 Å². The second-order valence-corrected chi connectivity index (χ2v) is 7.35. The van der Waals surface area contributed by atoms with Crippen LogP contribution in [0.4, 0.5) is 0 Å². The second-order valence-electron chi connectivity index (χ2n) is 6.91. The fourth-order valence-electron chi connectivity index (χ4n) is 3.90. The number of fused-ring (bicyclic) bond motifs is 3. The van der Waals surface area contributed by atoms with Crippen LogP contribution in [0.1, 0.15) is 35.4 Å². The van der Waals surface area contributed by atoms with Gasteiger partial charge in [0.1, 0.15) is 0 Å². The van der Waals surface area contributed by atoms with E-state index in [-0.39, 0.29) is 12.3 Å². The SMILES string of the molecule is COc1cccc2c1O[C@@H](c1ccccc1)N1N=C(c3ccc(Cl)cc3)C[C@@H]21. The van der Waals surface area contributed by atoms with Gasteiger partial charge in [0.2, 0.25) is 6.23 Å². The summed E-state index contributed by atoms with van der Waals surface area (Å²) in [5, 5.41) is 7.76. The number of hydrogen-bond donors (Lipinski definition) is 0. The maximum Gasteiger partial charge on any atom is 0.214 e. The van der Waals surface area contributed by atoms with Gasteiger partial charge < -0.3 is 9.47 Å². The molecule has 0 unspecified atom stereocenters. The summed E-state index contributed by atoms with van der Waals surface area (Å²) in [6.07, 6.45) is 0.494. The quantitative estimate of drug-likeness (QED) is 0.584. The zero-order chi connectivity index (χ0) is 19.1. The maximum atomic E-state index is 6.43. The Bertz CT molecular complexity index is 1030. The molecule has 0 amide bonds. The Balaban J connectivity index is 1.61. The fourth-order valence-corrected chi connectivity index (χ4v) is 4.02. The van der Waals surface area contributed by atoms with E-state index in [2.05, 4.69) is 23.2 Å². The van der Waals surface area contributed by atoms with Crippen molar-refractivity contribution >= 4 is 17.3 Å². The Hall–Kier alpha value is -2.98. The third-order valence-corrected chi connectivity index (χ3v) is 5.51. The molecule has 0 spiro atoms. The van der Waals surface area contributed by atoms with Crippen molar-refractivity contribution in [2.24, 2.45) is 5.10 Å². The summed E-state index contributed by atoms with van der Waals surface area (Å²) in [5.41, 5.74) is 4.27. The molecule has 2 atom stereocenters. The number of halogens is 1. The van der Waals surface area contributed by atoms with Gasteiger partial charge in [-0.15, -0.1) is 0 Å². The predicted octanol–water partition coefficient (Wildman–Crippen LogP) is 5.59. The van der Waals surface area contributed by atoms with E-state index in [4.69, 9.17) is 26.2 Å². The van der Waals surface area contributed by atoms with E-state index in [1.807, 2.05) is 54.6 Å². The van der Waals surface area contributed by atoms with Crippen LogP contribution < -0.4 is 9.47 Å². The highest BCUT2D eigenvalue weighted by Gasteiger charge is 2.42. The molecular weight excluding hydrogens is 372 g/mol. The molecule has 2 aliphatic rings. The molecule has 0 aliphatic carbocycles. The van der Waals surface area contributed by atoms with Crippen molar-refractivity contribution in [1.29, 1.82) is 0 Å². The van der Waals surface area contributed by atoms with Crippen molar-refractivity contribution in [3.05, 3.63) is 94.5 Å². The van der Waals surface area contributed by atoms with Crippen molar-refractivity contribution in [3.63, 3.8) is 0 Å². The summed E-state index contributed by atoms with van der Waals surface area (Å²) in [6.45, 7) is 0. The summed E-state index contributed by atoms with van der Waals surface area (Å²) in [5.74, 6) is 1.55. The molecule has 0 N–H and O–H groups in total. The molecule has 3 aromatic carbocycles. The summed E-state index contributed by atoms with van der Waals surface area (Å²) in [4.78, 5) is 0. The third kappa shape index (κ3) is 2.81. The lowest BCUT2D eigenvalue weighted by Crippen LogP contribution is -2.33. The molecule has 0 bridgehead atoms. The normalized spacial score (nSPS) is 20.1. The summed E-state index contributed by atoms with van der Waals surface area (Å²) in [6, 6.07) is 24.1. The topological polar surface area (TPSA) is 34.1 Å². The van der Waals surface area contributed by atoms with E-state index >= 15 is 0 Å². The fraction of sp³-hybridized carbons (Fsp3) is 0.174. The minimum Gasteiger partial charge on any atom is -0.493 e. The van der Waals surface area contributed by atoms with Crippen LogP contribution in [-0.4, -0.2) is 17.8 Å². The van der Waals surface area contributed by atoms with Crippen LogP contribution in [0.15, 0.2) is 77.9 Å². The molecule has 2 aliphatic heterocycles. The van der Waals surface area contributed by atoms with E-state index < -0.39 is 0 Å². The van der Waals surface area contributed by atoms with Gasteiger partial charge in [0.15, 0.2) is 11.5 Å². The number of rotatable bonds is 3. The van der Waals surface area contributed by atoms with Crippen LogP contribution in [0.2, 0.25) is 5.02 Å². The highest BCUT2D eigenvalue weighted by Crippen LogP contribution is 2.50. The van der Waals surface area contributed by atoms with Crippen LogP contribution in [0.5, 0.6) is 11.5 Å². The smallest absolute Gasteiger partial charge is 0.214 e. The summed E-state index contributed by atoms with van der Waals surface area (Å²) >= 11 is 6.06. The maximum absolute atomic E-state index is 6.43.